The van der Waals surface area contributed by atoms with Gasteiger partial charge in [-0.15, -0.1) is 0 Å². The summed E-state index contributed by atoms with van der Waals surface area (Å²) in [5.74, 6) is 0.230. The van der Waals surface area contributed by atoms with Crippen LogP contribution >= 0.6 is 0 Å². The van der Waals surface area contributed by atoms with Crippen molar-refractivity contribution in [1.82, 2.24) is 10.2 Å². The maximum Gasteiger partial charge on any atom is 0.416 e. The molecule has 1 amide bonds. The molecular weight excluding hydrogens is 341 g/mol. The van der Waals surface area contributed by atoms with Crippen molar-refractivity contribution in [1.29, 1.82) is 0 Å². The Labute approximate surface area is 152 Å². The Morgan fingerprint density at radius 3 is 2.58 bits per heavy atom. The van der Waals surface area contributed by atoms with Gasteiger partial charge in [-0.05, 0) is 43.7 Å². The summed E-state index contributed by atoms with van der Waals surface area (Å²) in [5.41, 5.74) is 0.0787. The second kappa shape index (κ2) is 8.25. The van der Waals surface area contributed by atoms with Crippen LogP contribution in [0, 0.1) is 5.92 Å². The Morgan fingerprint density at radius 1 is 1.15 bits per heavy atom. The highest BCUT2D eigenvalue weighted by Crippen LogP contribution is 2.30. The molecule has 3 rings (SSSR count). The molecule has 1 aliphatic carbocycles. The van der Waals surface area contributed by atoms with Crippen molar-refractivity contribution in [2.75, 3.05) is 13.1 Å². The van der Waals surface area contributed by atoms with E-state index in [1.165, 1.54) is 12.1 Å². The number of likely N-dealkylation sites (tertiary alicyclic amines) is 1. The number of benzene rings is 1. The molecule has 1 fully saturated rings. The molecule has 3 nitrogen and oxygen atoms in total. The number of hydrogen-bond acceptors (Lipinski definition) is 2. The van der Waals surface area contributed by atoms with Gasteiger partial charge in [0.1, 0.15) is 0 Å². The van der Waals surface area contributed by atoms with Gasteiger partial charge >= 0.3 is 6.18 Å². The molecule has 6 heteroatoms. The van der Waals surface area contributed by atoms with E-state index in [4.69, 9.17) is 0 Å². The fourth-order valence-electron chi connectivity index (χ4n) is 3.69. The van der Waals surface area contributed by atoms with E-state index >= 15 is 0 Å². The predicted octanol–water partition coefficient (Wildman–Crippen LogP) is 4.14. The lowest BCUT2D eigenvalue weighted by Gasteiger charge is -2.33. The summed E-state index contributed by atoms with van der Waals surface area (Å²) in [7, 11) is 0. The van der Waals surface area contributed by atoms with Gasteiger partial charge in [0.05, 0.1) is 5.56 Å². The van der Waals surface area contributed by atoms with Gasteiger partial charge < -0.3 is 5.32 Å². The number of halogens is 3. The number of carbonyl (C=O) groups excluding carboxylic acids is 1. The number of alkyl halides is 3. The lowest BCUT2D eigenvalue weighted by atomic mass is 9.93. The summed E-state index contributed by atoms with van der Waals surface area (Å²) >= 11 is 0. The first kappa shape index (κ1) is 19.0. The summed E-state index contributed by atoms with van der Waals surface area (Å²) in [6.45, 7) is 2.08. The number of amides is 1. The molecule has 1 N–H and O–H groups in total. The number of nitrogens with zero attached hydrogens (tertiary/aromatic N) is 1. The third-order valence-electron chi connectivity index (χ3n) is 5.23. The average Bonchev–Trinajstić information content (AvgIpc) is 2.63. The monoisotopic (exact) mass is 366 g/mol. The predicted molar refractivity (Wildman–Crippen MR) is 94.4 cm³/mol. The van der Waals surface area contributed by atoms with Gasteiger partial charge in [0.2, 0.25) is 5.91 Å². The first-order chi connectivity index (χ1) is 12.4. The topological polar surface area (TPSA) is 32.3 Å². The quantitative estimate of drug-likeness (QED) is 0.812. The van der Waals surface area contributed by atoms with E-state index < -0.39 is 11.7 Å². The van der Waals surface area contributed by atoms with Crippen molar-refractivity contribution in [2.24, 2.45) is 5.92 Å². The lowest BCUT2D eigenvalue weighted by molar-refractivity contribution is -0.137. The Balaban J connectivity index is 1.47. The summed E-state index contributed by atoms with van der Waals surface area (Å²) in [4.78, 5) is 14.5. The van der Waals surface area contributed by atoms with Crippen LogP contribution in [-0.4, -0.2) is 29.9 Å². The molecule has 2 aliphatic rings. The minimum Gasteiger partial charge on any atom is -0.353 e. The molecule has 1 atom stereocenters. The van der Waals surface area contributed by atoms with Crippen LogP contribution in [0.25, 0.3) is 0 Å². The van der Waals surface area contributed by atoms with Crippen molar-refractivity contribution in [3.63, 3.8) is 0 Å². The number of allylic oxidation sites excluding steroid dienone is 2. The summed E-state index contributed by atoms with van der Waals surface area (Å²) < 4.78 is 38.4. The van der Waals surface area contributed by atoms with E-state index in [1.807, 2.05) is 0 Å². The van der Waals surface area contributed by atoms with Crippen LogP contribution < -0.4 is 5.32 Å². The summed E-state index contributed by atoms with van der Waals surface area (Å²) in [6.07, 6.45) is 4.27. The second-order valence-corrected chi connectivity index (χ2v) is 7.24. The number of rotatable bonds is 4. The van der Waals surface area contributed by atoms with E-state index in [0.29, 0.717) is 12.1 Å². The molecule has 0 aromatic heterocycles. The van der Waals surface area contributed by atoms with E-state index in [1.54, 1.807) is 6.07 Å². The van der Waals surface area contributed by atoms with Gasteiger partial charge in [-0.2, -0.15) is 13.2 Å². The molecule has 0 unspecified atom stereocenters. The molecule has 142 valence electrons. The highest BCUT2D eigenvalue weighted by atomic mass is 19.4. The molecule has 0 bridgehead atoms. The zero-order valence-corrected chi connectivity index (χ0v) is 14.8. The Bertz CT molecular complexity index is 649. The minimum atomic E-state index is -4.30. The van der Waals surface area contributed by atoms with Crippen LogP contribution in [0.15, 0.2) is 36.4 Å². The SMILES string of the molecule is O=C(NC1CCN(Cc2cccc(C(F)(F)F)c2)CC1)[C@@H]1CC=CCC1. The van der Waals surface area contributed by atoms with Crippen molar-refractivity contribution in [3.05, 3.63) is 47.5 Å². The van der Waals surface area contributed by atoms with Gasteiger partial charge in [0.25, 0.3) is 0 Å². The van der Waals surface area contributed by atoms with Gasteiger partial charge in [0.15, 0.2) is 0 Å². The lowest BCUT2D eigenvalue weighted by Crippen LogP contribution is -2.46. The van der Waals surface area contributed by atoms with Crippen molar-refractivity contribution in [3.8, 4) is 0 Å². The molecule has 0 saturated carbocycles. The molecule has 1 heterocycles. The van der Waals surface area contributed by atoms with Crippen LogP contribution in [0.1, 0.15) is 43.2 Å². The number of nitrogens with one attached hydrogen (secondary N) is 1. The smallest absolute Gasteiger partial charge is 0.353 e. The largest absolute Gasteiger partial charge is 0.416 e. The maximum atomic E-state index is 12.8. The standard InChI is InChI=1S/C20H25F3N2O/c21-20(22,23)17-8-4-5-15(13-17)14-25-11-9-18(10-12-25)24-19(26)16-6-2-1-3-7-16/h1-2,4-5,8,13,16,18H,3,6-7,9-12,14H2,(H,24,26)/t16-/m1/s1. The zero-order valence-electron chi connectivity index (χ0n) is 14.8. The molecule has 0 spiro atoms. The van der Waals surface area contributed by atoms with E-state index in [0.717, 1.165) is 51.3 Å². The van der Waals surface area contributed by atoms with Gasteiger partial charge in [0, 0.05) is 31.6 Å². The van der Waals surface area contributed by atoms with Gasteiger partial charge in [-0.3, -0.25) is 9.69 Å². The van der Waals surface area contributed by atoms with Crippen LogP contribution in [0.3, 0.4) is 0 Å². The van der Waals surface area contributed by atoms with Gasteiger partial charge in [-0.25, -0.2) is 0 Å². The van der Waals surface area contributed by atoms with E-state index in [-0.39, 0.29) is 17.9 Å². The van der Waals surface area contributed by atoms with Crippen molar-refractivity contribution in [2.45, 2.75) is 50.9 Å². The minimum absolute atomic E-state index is 0.0862. The van der Waals surface area contributed by atoms with Crippen molar-refractivity contribution < 1.29 is 18.0 Å². The molecular formula is C20H25F3N2O. The molecule has 0 radical (unpaired) electrons. The fraction of sp³-hybridized carbons (Fsp3) is 0.550. The fourth-order valence-corrected chi connectivity index (χ4v) is 3.69. The summed E-state index contributed by atoms with van der Waals surface area (Å²) in [5, 5.41) is 3.15. The Morgan fingerprint density at radius 2 is 1.92 bits per heavy atom. The highest BCUT2D eigenvalue weighted by molar-refractivity contribution is 5.79. The average molecular weight is 366 g/mol. The van der Waals surface area contributed by atoms with Crippen LogP contribution in [0.5, 0.6) is 0 Å². The number of carbonyl (C=O) groups is 1. The highest BCUT2D eigenvalue weighted by Gasteiger charge is 2.30. The normalized spacial score (nSPS) is 22.3. The molecule has 1 aromatic rings. The Kier molecular flexibility index (Phi) is 6.01. The van der Waals surface area contributed by atoms with E-state index in [9.17, 15) is 18.0 Å². The van der Waals surface area contributed by atoms with Crippen LogP contribution in [-0.2, 0) is 17.5 Å². The maximum absolute atomic E-state index is 12.8. The third-order valence-corrected chi connectivity index (χ3v) is 5.23. The number of piperidine rings is 1. The molecule has 1 aliphatic heterocycles. The molecule has 1 saturated heterocycles. The molecule has 26 heavy (non-hydrogen) atoms. The van der Waals surface area contributed by atoms with E-state index in [2.05, 4.69) is 22.4 Å². The van der Waals surface area contributed by atoms with Crippen LogP contribution in [0.2, 0.25) is 0 Å². The van der Waals surface area contributed by atoms with Crippen LogP contribution in [0.4, 0.5) is 13.2 Å². The first-order valence-corrected chi connectivity index (χ1v) is 9.25. The number of hydrogen-bond donors (Lipinski definition) is 1. The zero-order chi connectivity index (χ0) is 18.6. The van der Waals surface area contributed by atoms with Gasteiger partial charge in [-0.1, -0.05) is 30.4 Å². The third kappa shape index (κ3) is 5.10. The molecule has 1 aromatic carbocycles. The Hall–Kier alpha value is -1.82. The van der Waals surface area contributed by atoms with Crippen molar-refractivity contribution >= 4 is 5.91 Å². The summed E-state index contributed by atoms with van der Waals surface area (Å²) in [6, 6.07) is 5.70. The second-order valence-electron chi connectivity index (χ2n) is 7.24. The first-order valence-electron chi connectivity index (χ1n) is 9.25.